The van der Waals surface area contributed by atoms with Gasteiger partial charge in [0, 0.05) is 13.1 Å². The summed E-state index contributed by atoms with van der Waals surface area (Å²) >= 11 is 0. The summed E-state index contributed by atoms with van der Waals surface area (Å²) < 4.78 is 27.3. The molecule has 1 unspecified atom stereocenters. The van der Waals surface area contributed by atoms with Gasteiger partial charge in [-0.05, 0) is 36.6 Å². The first-order valence-electron chi connectivity index (χ1n) is 7.62. The van der Waals surface area contributed by atoms with E-state index in [1.54, 1.807) is 6.92 Å². The minimum Gasteiger partial charge on any atom is -0.320 e. The fourth-order valence-electron chi connectivity index (χ4n) is 2.86. The zero-order valence-electron chi connectivity index (χ0n) is 12.9. The molecule has 0 saturated carbocycles. The molecule has 0 aromatic heterocycles. The quantitative estimate of drug-likeness (QED) is 0.942. The summed E-state index contributed by atoms with van der Waals surface area (Å²) in [6.07, 6.45) is 0.863. The highest BCUT2D eigenvalue weighted by molar-refractivity contribution is 5.94. The summed E-state index contributed by atoms with van der Waals surface area (Å²) in [7, 11) is 0. The Labute approximate surface area is 133 Å². The molecule has 2 aromatic rings. The second-order valence-corrected chi connectivity index (χ2v) is 5.75. The molecule has 1 amide bonds. The van der Waals surface area contributed by atoms with E-state index in [4.69, 9.17) is 0 Å². The summed E-state index contributed by atoms with van der Waals surface area (Å²) in [5.41, 5.74) is 2.09. The average Bonchev–Trinajstić information content (AvgIpc) is 2.57. The van der Waals surface area contributed by atoms with Gasteiger partial charge in [0.25, 0.3) is 0 Å². The number of hydrogen-bond acceptors (Lipinski definition) is 2. The summed E-state index contributed by atoms with van der Waals surface area (Å²) in [5, 5.41) is 2.37. The predicted octanol–water partition coefficient (Wildman–Crippen LogP) is 3.35. The van der Waals surface area contributed by atoms with Crippen LogP contribution in [0.1, 0.15) is 18.1 Å². The van der Waals surface area contributed by atoms with Gasteiger partial charge in [0.15, 0.2) is 0 Å². The minimum atomic E-state index is -0.769. The van der Waals surface area contributed by atoms with Crippen LogP contribution in [0.25, 0.3) is 0 Å². The van der Waals surface area contributed by atoms with Gasteiger partial charge in [-0.1, -0.05) is 30.3 Å². The van der Waals surface area contributed by atoms with E-state index in [1.807, 2.05) is 23.1 Å². The molecule has 0 saturated heterocycles. The number of fused-ring (bicyclic) bond motifs is 1. The van der Waals surface area contributed by atoms with E-state index >= 15 is 0 Å². The number of carbonyl (C=O) groups is 1. The molecule has 1 atom stereocenters. The van der Waals surface area contributed by atoms with E-state index in [1.165, 1.54) is 17.2 Å². The van der Waals surface area contributed by atoms with Gasteiger partial charge in [-0.25, -0.2) is 8.78 Å². The number of rotatable bonds is 3. The molecule has 0 bridgehead atoms. The zero-order chi connectivity index (χ0) is 16.4. The molecule has 0 fully saturated rings. The first-order valence-corrected chi connectivity index (χ1v) is 7.62. The van der Waals surface area contributed by atoms with Gasteiger partial charge in [-0.2, -0.15) is 0 Å². The molecular formula is C18H18F2N2O. The van der Waals surface area contributed by atoms with Crippen molar-refractivity contribution in [2.75, 3.05) is 11.9 Å². The Hall–Kier alpha value is -2.27. The zero-order valence-corrected chi connectivity index (χ0v) is 12.9. The number of anilines is 1. The van der Waals surface area contributed by atoms with Crippen LogP contribution in [0.2, 0.25) is 0 Å². The third kappa shape index (κ3) is 3.24. The maximum atomic E-state index is 13.6. The highest BCUT2D eigenvalue weighted by Crippen LogP contribution is 2.22. The van der Waals surface area contributed by atoms with E-state index in [9.17, 15) is 13.6 Å². The summed E-state index contributed by atoms with van der Waals surface area (Å²) in [5.74, 6) is -1.95. The Balaban J connectivity index is 1.71. The molecule has 1 heterocycles. The molecular weight excluding hydrogens is 298 g/mol. The summed E-state index contributed by atoms with van der Waals surface area (Å²) in [6.45, 7) is 3.15. The highest BCUT2D eigenvalue weighted by Gasteiger charge is 2.26. The van der Waals surface area contributed by atoms with Crippen molar-refractivity contribution in [3.05, 3.63) is 65.2 Å². The number of para-hydroxylation sites is 1. The fourth-order valence-corrected chi connectivity index (χ4v) is 2.86. The minimum absolute atomic E-state index is 0.387. The van der Waals surface area contributed by atoms with Crippen LogP contribution in [0.4, 0.5) is 14.5 Å². The SMILES string of the molecule is CC(C(=O)Nc1c(F)cccc1F)N1CCc2ccccc2C1. The molecule has 0 spiro atoms. The van der Waals surface area contributed by atoms with Crippen molar-refractivity contribution in [2.45, 2.75) is 25.9 Å². The smallest absolute Gasteiger partial charge is 0.241 e. The van der Waals surface area contributed by atoms with Crippen LogP contribution in [0, 0.1) is 11.6 Å². The maximum Gasteiger partial charge on any atom is 0.241 e. The van der Waals surface area contributed by atoms with Crippen LogP contribution in [0.15, 0.2) is 42.5 Å². The van der Waals surface area contributed by atoms with Gasteiger partial charge in [-0.15, -0.1) is 0 Å². The Morgan fingerprint density at radius 1 is 1.09 bits per heavy atom. The Kier molecular flexibility index (Phi) is 4.39. The topological polar surface area (TPSA) is 32.3 Å². The molecule has 3 nitrogen and oxygen atoms in total. The van der Waals surface area contributed by atoms with Gasteiger partial charge < -0.3 is 5.32 Å². The number of halogens is 2. The summed E-state index contributed by atoms with van der Waals surface area (Å²) in [4.78, 5) is 14.4. The lowest BCUT2D eigenvalue weighted by atomic mass is 9.99. The summed E-state index contributed by atoms with van der Waals surface area (Å²) in [6, 6.07) is 11.2. The first kappa shape index (κ1) is 15.6. The number of nitrogens with one attached hydrogen (secondary N) is 1. The number of carbonyl (C=O) groups excluding carboxylic acids is 1. The van der Waals surface area contributed by atoms with Crippen molar-refractivity contribution in [1.82, 2.24) is 4.90 Å². The lowest BCUT2D eigenvalue weighted by molar-refractivity contribution is -0.121. The Morgan fingerprint density at radius 3 is 2.43 bits per heavy atom. The molecule has 1 N–H and O–H groups in total. The van der Waals surface area contributed by atoms with Crippen molar-refractivity contribution in [2.24, 2.45) is 0 Å². The molecule has 0 aliphatic carbocycles. The number of benzene rings is 2. The number of nitrogens with zero attached hydrogens (tertiary/aromatic N) is 1. The van der Waals surface area contributed by atoms with E-state index in [2.05, 4.69) is 11.4 Å². The highest BCUT2D eigenvalue weighted by atomic mass is 19.1. The molecule has 0 radical (unpaired) electrons. The molecule has 1 aliphatic heterocycles. The maximum absolute atomic E-state index is 13.6. The third-order valence-electron chi connectivity index (χ3n) is 4.30. The molecule has 5 heteroatoms. The largest absolute Gasteiger partial charge is 0.320 e. The van der Waals surface area contributed by atoms with Crippen molar-refractivity contribution >= 4 is 11.6 Å². The van der Waals surface area contributed by atoms with E-state index in [-0.39, 0.29) is 5.69 Å². The molecule has 2 aromatic carbocycles. The van der Waals surface area contributed by atoms with Gasteiger partial charge in [0.2, 0.25) is 5.91 Å². The second-order valence-electron chi connectivity index (χ2n) is 5.75. The van der Waals surface area contributed by atoms with E-state index < -0.39 is 23.6 Å². The van der Waals surface area contributed by atoms with Gasteiger partial charge >= 0.3 is 0 Å². The van der Waals surface area contributed by atoms with Crippen molar-refractivity contribution in [3.63, 3.8) is 0 Å². The molecule has 3 rings (SSSR count). The molecule has 120 valence electrons. The molecule has 23 heavy (non-hydrogen) atoms. The third-order valence-corrected chi connectivity index (χ3v) is 4.30. The van der Waals surface area contributed by atoms with E-state index in [0.717, 1.165) is 25.1 Å². The Morgan fingerprint density at radius 2 is 1.74 bits per heavy atom. The normalized spacial score (nSPS) is 15.8. The van der Waals surface area contributed by atoms with Crippen LogP contribution in [-0.4, -0.2) is 23.4 Å². The van der Waals surface area contributed by atoms with Crippen molar-refractivity contribution in [3.8, 4) is 0 Å². The van der Waals surface area contributed by atoms with Gasteiger partial charge in [0.1, 0.15) is 17.3 Å². The monoisotopic (exact) mass is 316 g/mol. The average molecular weight is 316 g/mol. The predicted molar refractivity (Wildman–Crippen MR) is 85.0 cm³/mol. The van der Waals surface area contributed by atoms with E-state index in [0.29, 0.717) is 6.54 Å². The van der Waals surface area contributed by atoms with Crippen LogP contribution in [0.3, 0.4) is 0 Å². The Bertz CT molecular complexity index is 712. The lowest BCUT2D eigenvalue weighted by Crippen LogP contribution is -2.44. The van der Waals surface area contributed by atoms with Crippen LogP contribution in [0.5, 0.6) is 0 Å². The number of amides is 1. The van der Waals surface area contributed by atoms with Crippen LogP contribution >= 0.6 is 0 Å². The van der Waals surface area contributed by atoms with Crippen molar-refractivity contribution in [1.29, 1.82) is 0 Å². The van der Waals surface area contributed by atoms with Gasteiger partial charge in [0.05, 0.1) is 6.04 Å². The van der Waals surface area contributed by atoms with Crippen LogP contribution < -0.4 is 5.32 Å². The van der Waals surface area contributed by atoms with Crippen molar-refractivity contribution < 1.29 is 13.6 Å². The molecule has 1 aliphatic rings. The van der Waals surface area contributed by atoms with Gasteiger partial charge in [-0.3, -0.25) is 9.69 Å². The van der Waals surface area contributed by atoms with Crippen LogP contribution in [-0.2, 0) is 17.8 Å². The number of hydrogen-bond donors (Lipinski definition) is 1. The standard InChI is InChI=1S/C18H18F2N2O/c1-12(18(23)21-17-15(19)7-4-8-16(17)20)22-10-9-13-5-2-3-6-14(13)11-22/h2-8,12H,9-11H2,1H3,(H,21,23). The lowest BCUT2D eigenvalue weighted by Gasteiger charge is -2.32. The first-order chi connectivity index (χ1) is 11.1. The second kappa shape index (κ2) is 6.46. The fraction of sp³-hybridized carbons (Fsp3) is 0.278.